The number of hydrogen-bond donors (Lipinski definition) is 2. The molecular formula is C7H7NO3S. The van der Waals surface area contributed by atoms with E-state index < -0.39 is 11.9 Å². The molecule has 0 aliphatic rings. The van der Waals surface area contributed by atoms with Crippen LogP contribution in [0.3, 0.4) is 0 Å². The zero-order chi connectivity index (χ0) is 9.14. The number of carbonyl (C=O) groups excluding carboxylic acids is 1. The highest BCUT2D eigenvalue weighted by Crippen LogP contribution is 2.16. The Balaban J connectivity index is 2.91. The smallest absolute Gasteiger partial charge is 0.346 e. The minimum absolute atomic E-state index is 0.00880. The Hall–Kier alpha value is -1.36. The van der Waals surface area contributed by atoms with Gasteiger partial charge >= 0.3 is 5.97 Å². The number of thiophene rings is 1. The second-order valence-electron chi connectivity index (χ2n) is 2.22. The molecule has 1 aromatic rings. The lowest BCUT2D eigenvalue weighted by molar-refractivity contribution is -0.117. The van der Waals surface area contributed by atoms with Gasteiger partial charge in [0.15, 0.2) is 0 Å². The predicted octanol–water partition coefficient (Wildman–Crippen LogP) is 0.474. The average Bonchev–Trinajstić information content (AvgIpc) is 2.33. The number of aromatic carboxylic acids is 1. The summed E-state index contributed by atoms with van der Waals surface area (Å²) in [4.78, 5) is 21.2. The molecule has 0 radical (unpaired) electrons. The van der Waals surface area contributed by atoms with Crippen LogP contribution in [-0.4, -0.2) is 17.0 Å². The SMILES string of the molecule is NC(=O)Cc1ccsc1C(=O)O. The number of carbonyl (C=O) groups is 2. The van der Waals surface area contributed by atoms with Gasteiger partial charge in [-0.3, -0.25) is 4.79 Å². The molecule has 0 atom stereocenters. The first-order valence-electron chi connectivity index (χ1n) is 3.19. The monoisotopic (exact) mass is 185 g/mol. The normalized spacial score (nSPS) is 9.67. The van der Waals surface area contributed by atoms with Crippen molar-refractivity contribution in [3.8, 4) is 0 Å². The molecule has 1 heterocycles. The molecule has 1 rings (SSSR count). The molecule has 3 N–H and O–H groups in total. The first-order chi connectivity index (χ1) is 5.61. The summed E-state index contributed by atoms with van der Waals surface area (Å²) in [5.74, 6) is -1.53. The van der Waals surface area contributed by atoms with Gasteiger partial charge < -0.3 is 10.8 Å². The third-order valence-electron chi connectivity index (χ3n) is 1.31. The lowest BCUT2D eigenvalue weighted by Crippen LogP contribution is -2.14. The van der Waals surface area contributed by atoms with E-state index in [-0.39, 0.29) is 11.3 Å². The third-order valence-corrected chi connectivity index (χ3v) is 2.25. The Morgan fingerprint density at radius 2 is 2.25 bits per heavy atom. The molecule has 0 saturated heterocycles. The number of carboxylic acids is 1. The highest BCUT2D eigenvalue weighted by molar-refractivity contribution is 7.12. The molecular weight excluding hydrogens is 178 g/mol. The van der Waals surface area contributed by atoms with E-state index in [1.54, 1.807) is 11.4 Å². The Kier molecular flexibility index (Phi) is 2.44. The van der Waals surface area contributed by atoms with Gasteiger partial charge in [-0.15, -0.1) is 11.3 Å². The van der Waals surface area contributed by atoms with Gasteiger partial charge in [-0.05, 0) is 17.0 Å². The number of amides is 1. The van der Waals surface area contributed by atoms with Crippen molar-refractivity contribution >= 4 is 23.2 Å². The molecule has 0 saturated carbocycles. The molecule has 5 heteroatoms. The Labute approximate surface area is 72.6 Å². The van der Waals surface area contributed by atoms with Gasteiger partial charge in [0.1, 0.15) is 4.88 Å². The maximum absolute atomic E-state index is 10.5. The lowest BCUT2D eigenvalue weighted by Gasteiger charge is -1.94. The maximum Gasteiger partial charge on any atom is 0.346 e. The van der Waals surface area contributed by atoms with E-state index in [2.05, 4.69) is 0 Å². The van der Waals surface area contributed by atoms with Gasteiger partial charge in [0.2, 0.25) is 5.91 Å². The van der Waals surface area contributed by atoms with Gasteiger partial charge in [-0.25, -0.2) is 4.79 Å². The van der Waals surface area contributed by atoms with Gasteiger partial charge in [0.05, 0.1) is 6.42 Å². The highest BCUT2D eigenvalue weighted by Gasteiger charge is 2.12. The van der Waals surface area contributed by atoms with Crippen LogP contribution in [0.1, 0.15) is 15.2 Å². The summed E-state index contributed by atoms with van der Waals surface area (Å²) < 4.78 is 0. The van der Waals surface area contributed by atoms with Crippen LogP contribution in [0.5, 0.6) is 0 Å². The number of hydrogen-bond acceptors (Lipinski definition) is 3. The van der Waals surface area contributed by atoms with Gasteiger partial charge in [-0.2, -0.15) is 0 Å². The second kappa shape index (κ2) is 3.36. The maximum atomic E-state index is 10.5. The van der Waals surface area contributed by atoms with E-state index in [1.165, 1.54) is 0 Å². The molecule has 64 valence electrons. The number of primary amides is 1. The van der Waals surface area contributed by atoms with Crippen molar-refractivity contribution in [3.63, 3.8) is 0 Å². The topological polar surface area (TPSA) is 80.4 Å². The minimum Gasteiger partial charge on any atom is -0.477 e. The summed E-state index contributed by atoms with van der Waals surface area (Å²) in [6.45, 7) is 0. The van der Waals surface area contributed by atoms with Crippen LogP contribution in [0.15, 0.2) is 11.4 Å². The average molecular weight is 185 g/mol. The van der Waals surface area contributed by atoms with E-state index in [9.17, 15) is 9.59 Å². The summed E-state index contributed by atoms with van der Waals surface area (Å²) >= 11 is 1.09. The standard InChI is InChI=1S/C7H7NO3S/c8-5(9)3-4-1-2-12-6(4)7(10)11/h1-2H,3H2,(H2,8,9)(H,10,11). The molecule has 0 unspecified atom stereocenters. The quantitative estimate of drug-likeness (QED) is 0.718. The van der Waals surface area contributed by atoms with Crippen LogP contribution in [0.25, 0.3) is 0 Å². The minimum atomic E-state index is -1.01. The summed E-state index contributed by atoms with van der Waals surface area (Å²) in [5, 5.41) is 10.3. The van der Waals surface area contributed by atoms with E-state index >= 15 is 0 Å². The van der Waals surface area contributed by atoms with Gasteiger partial charge in [-0.1, -0.05) is 0 Å². The number of rotatable bonds is 3. The molecule has 0 aliphatic carbocycles. The van der Waals surface area contributed by atoms with Crippen molar-refractivity contribution in [1.82, 2.24) is 0 Å². The molecule has 0 bridgehead atoms. The predicted molar refractivity (Wildman–Crippen MR) is 44.2 cm³/mol. The van der Waals surface area contributed by atoms with Crippen LogP contribution in [0.2, 0.25) is 0 Å². The second-order valence-corrected chi connectivity index (χ2v) is 3.14. The largest absolute Gasteiger partial charge is 0.477 e. The number of nitrogens with two attached hydrogens (primary N) is 1. The molecule has 0 aliphatic heterocycles. The van der Waals surface area contributed by atoms with Crippen LogP contribution in [-0.2, 0) is 11.2 Å². The zero-order valence-corrected chi connectivity index (χ0v) is 6.93. The summed E-state index contributed by atoms with van der Waals surface area (Å²) in [7, 11) is 0. The van der Waals surface area contributed by atoms with Crippen molar-refractivity contribution in [3.05, 3.63) is 21.9 Å². The van der Waals surface area contributed by atoms with E-state index in [1.807, 2.05) is 0 Å². The van der Waals surface area contributed by atoms with Crippen molar-refractivity contribution < 1.29 is 14.7 Å². The molecule has 0 aromatic carbocycles. The summed E-state index contributed by atoms with van der Waals surface area (Å²) in [6, 6.07) is 1.60. The van der Waals surface area contributed by atoms with E-state index in [4.69, 9.17) is 10.8 Å². The van der Waals surface area contributed by atoms with Gasteiger partial charge in [0.25, 0.3) is 0 Å². The van der Waals surface area contributed by atoms with E-state index in [0.29, 0.717) is 5.56 Å². The molecule has 12 heavy (non-hydrogen) atoms. The Morgan fingerprint density at radius 1 is 1.58 bits per heavy atom. The van der Waals surface area contributed by atoms with Crippen LogP contribution >= 0.6 is 11.3 Å². The number of carboxylic acid groups (broad SMARTS) is 1. The Morgan fingerprint density at radius 3 is 2.75 bits per heavy atom. The lowest BCUT2D eigenvalue weighted by atomic mass is 10.2. The van der Waals surface area contributed by atoms with E-state index in [0.717, 1.165) is 11.3 Å². The molecule has 4 nitrogen and oxygen atoms in total. The van der Waals surface area contributed by atoms with Crippen molar-refractivity contribution in [2.45, 2.75) is 6.42 Å². The molecule has 0 spiro atoms. The third kappa shape index (κ3) is 1.82. The zero-order valence-electron chi connectivity index (χ0n) is 6.11. The molecule has 1 aromatic heterocycles. The first-order valence-corrected chi connectivity index (χ1v) is 4.07. The fourth-order valence-electron chi connectivity index (χ4n) is 0.850. The van der Waals surface area contributed by atoms with Crippen LogP contribution in [0.4, 0.5) is 0 Å². The summed E-state index contributed by atoms with van der Waals surface area (Å²) in [6.07, 6.45) is -0.00880. The fraction of sp³-hybridized carbons (Fsp3) is 0.143. The van der Waals surface area contributed by atoms with Crippen molar-refractivity contribution in [2.75, 3.05) is 0 Å². The van der Waals surface area contributed by atoms with Crippen molar-refractivity contribution in [1.29, 1.82) is 0 Å². The van der Waals surface area contributed by atoms with Crippen molar-refractivity contribution in [2.24, 2.45) is 5.73 Å². The molecule has 1 amide bonds. The molecule has 0 fully saturated rings. The van der Waals surface area contributed by atoms with Crippen LogP contribution in [0, 0.1) is 0 Å². The van der Waals surface area contributed by atoms with Crippen LogP contribution < -0.4 is 5.73 Å². The highest BCUT2D eigenvalue weighted by atomic mass is 32.1. The van der Waals surface area contributed by atoms with Gasteiger partial charge in [0, 0.05) is 0 Å². The first kappa shape index (κ1) is 8.73. The summed E-state index contributed by atoms with van der Waals surface area (Å²) in [5.41, 5.74) is 5.41. The Bertz CT molecular complexity index is 318. The fourth-order valence-corrected chi connectivity index (χ4v) is 1.61.